The van der Waals surface area contributed by atoms with Crippen molar-refractivity contribution in [2.24, 2.45) is 0 Å². The largest absolute Gasteiger partial charge is 0.419 e. The molecule has 0 saturated carbocycles. The highest BCUT2D eigenvalue weighted by Crippen LogP contribution is 2.35. The highest BCUT2D eigenvalue weighted by molar-refractivity contribution is 5.91. The van der Waals surface area contributed by atoms with Crippen LogP contribution in [-0.2, 0) is 17.5 Å². The van der Waals surface area contributed by atoms with Crippen LogP contribution in [0.25, 0.3) is 10.8 Å². The molecule has 0 aliphatic rings. The summed E-state index contributed by atoms with van der Waals surface area (Å²) in [5.41, 5.74) is -2.25. The van der Waals surface area contributed by atoms with Gasteiger partial charge in [-0.2, -0.15) is 18.3 Å². The Hall–Kier alpha value is -3.83. The van der Waals surface area contributed by atoms with Crippen LogP contribution in [0, 0.1) is 16.6 Å². The van der Waals surface area contributed by atoms with Gasteiger partial charge >= 0.3 is 6.18 Å². The van der Waals surface area contributed by atoms with E-state index in [4.69, 9.17) is 10.8 Å². The average molecular weight is 450 g/mol. The molecule has 0 aliphatic carbocycles. The van der Waals surface area contributed by atoms with E-state index in [1.165, 1.54) is 18.3 Å². The summed E-state index contributed by atoms with van der Waals surface area (Å²) in [6.07, 6.45) is -2.76. The van der Waals surface area contributed by atoms with Gasteiger partial charge in [0.15, 0.2) is 0 Å². The second kappa shape index (κ2) is 8.36. The number of benzene rings is 1. The maximum absolute atomic E-state index is 14.7. The molecule has 3 N–H and O–H groups in total. The molecule has 0 saturated heterocycles. The molecule has 1 amide bonds. The van der Waals surface area contributed by atoms with Gasteiger partial charge in [0.05, 0.1) is 28.7 Å². The highest BCUT2D eigenvalue weighted by Gasteiger charge is 2.36. The SMILES string of the molecule is CC(C)c1nn(CC(=O)Nc2ccc(=N)n(C=N)c2)c(=O)c2ccc(C(F)(F)F)c(F)c12. The van der Waals surface area contributed by atoms with Gasteiger partial charge in [-0.3, -0.25) is 25.0 Å². The molecule has 0 radical (unpaired) electrons. The van der Waals surface area contributed by atoms with Crippen molar-refractivity contribution in [3.63, 3.8) is 0 Å². The van der Waals surface area contributed by atoms with E-state index in [2.05, 4.69) is 10.4 Å². The van der Waals surface area contributed by atoms with Gasteiger partial charge in [0.1, 0.15) is 17.8 Å². The van der Waals surface area contributed by atoms with Crippen molar-refractivity contribution >= 4 is 28.7 Å². The summed E-state index contributed by atoms with van der Waals surface area (Å²) in [5.74, 6) is -2.80. The monoisotopic (exact) mass is 450 g/mol. The van der Waals surface area contributed by atoms with Crippen LogP contribution in [0.5, 0.6) is 0 Å². The number of nitrogens with zero attached hydrogens (tertiary/aromatic N) is 3. The number of carbonyl (C=O) groups excluding carboxylic acids is 1. The molecule has 0 atom stereocenters. The first-order chi connectivity index (χ1) is 14.9. The number of anilines is 1. The Bertz CT molecular complexity index is 1340. The predicted octanol–water partition coefficient (Wildman–Crippen LogP) is 3.05. The normalized spacial score (nSPS) is 11.7. The lowest BCUT2D eigenvalue weighted by Gasteiger charge is -2.16. The molecule has 3 rings (SSSR count). The first-order valence-electron chi connectivity index (χ1n) is 9.31. The predicted molar refractivity (Wildman–Crippen MR) is 108 cm³/mol. The van der Waals surface area contributed by atoms with Crippen LogP contribution in [0.2, 0.25) is 0 Å². The van der Waals surface area contributed by atoms with Crippen molar-refractivity contribution in [1.82, 2.24) is 14.3 Å². The molecule has 1 aromatic carbocycles. The molecule has 0 fully saturated rings. The Kier molecular flexibility index (Phi) is 5.97. The van der Waals surface area contributed by atoms with Gasteiger partial charge in [-0.15, -0.1) is 0 Å². The van der Waals surface area contributed by atoms with Crippen LogP contribution < -0.4 is 16.4 Å². The van der Waals surface area contributed by atoms with Crippen LogP contribution in [0.3, 0.4) is 0 Å². The molecule has 0 bridgehead atoms. The molecule has 0 spiro atoms. The third-order valence-electron chi connectivity index (χ3n) is 4.64. The van der Waals surface area contributed by atoms with E-state index < -0.39 is 46.9 Å². The molecule has 32 heavy (non-hydrogen) atoms. The third-order valence-corrected chi connectivity index (χ3v) is 4.64. The number of rotatable bonds is 5. The molecule has 3 aromatic rings. The fourth-order valence-corrected chi connectivity index (χ4v) is 3.13. The fraction of sp³-hybridized carbons (Fsp3) is 0.250. The Labute approximate surface area is 178 Å². The number of fused-ring (bicyclic) bond motifs is 1. The molecular weight excluding hydrogens is 432 g/mol. The summed E-state index contributed by atoms with van der Waals surface area (Å²) >= 11 is 0. The second-order valence-corrected chi connectivity index (χ2v) is 7.24. The summed E-state index contributed by atoms with van der Waals surface area (Å²) in [6, 6.07) is 4.14. The number of halogens is 4. The fourth-order valence-electron chi connectivity index (χ4n) is 3.13. The van der Waals surface area contributed by atoms with Crippen molar-refractivity contribution in [2.75, 3.05) is 5.32 Å². The minimum Gasteiger partial charge on any atom is -0.323 e. The van der Waals surface area contributed by atoms with Gasteiger partial charge in [0.25, 0.3) is 5.56 Å². The first-order valence-corrected chi connectivity index (χ1v) is 9.31. The number of alkyl halides is 3. The number of hydrogen-bond donors (Lipinski definition) is 3. The topological polar surface area (TPSA) is 117 Å². The summed E-state index contributed by atoms with van der Waals surface area (Å²) < 4.78 is 56.0. The van der Waals surface area contributed by atoms with Gasteiger partial charge < -0.3 is 5.32 Å². The molecular formula is C20H18F4N6O2. The Morgan fingerprint density at radius 1 is 1.25 bits per heavy atom. The van der Waals surface area contributed by atoms with Crippen LogP contribution in [-0.4, -0.2) is 26.6 Å². The smallest absolute Gasteiger partial charge is 0.323 e. The zero-order valence-electron chi connectivity index (χ0n) is 16.9. The van der Waals surface area contributed by atoms with Crippen LogP contribution in [0.15, 0.2) is 35.3 Å². The first kappa shape index (κ1) is 22.8. The van der Waals surface area contributed by atoms with Crippen molar-refractivity contribution in [2.45, 2.75) is 32.5 Å². The molecule has 168 valence electrons. The van der Waals surface area contributed by atoms with Gasteiger partial charge in [-0.05, 0) is 30.2 Å². The highest BCUT2D eigenvalue weighted by atomic mass is 19.4. The van der Waals surface area contributed by atoms with Crippen LogP contribution >= 0.6 is 0 Å². The van der Waals surface area contributed by atoms with Crippen molar-refractivity contribution in [3.05, 3.63) is 63.4 Å². The van der Waals surface area contributed by atoms with E-state index in [-0.39, 0.29) is 22.3 Å². The van der Waals surface area contributed by atoms with Gasteiger partial charge in [-0.1, -0.05) is 13.8 Å². The van der Waals surface area contributed by atoms with E-state index in [0.29, 0.717) is 6.07 Å². The lowest BCUT2D eigenvalue weighted by atomic mass is 10.00. The number of nitrogens with one attached hydrogen (secondary N) is 3. The van der Waals surface area contributed by atoms with E-state index in [0.717, 1.165) is 21.7 Å². The summed E-state index contributed by atoms with van der Waals surface area (Å²) in [6.45, 7) is 2.58. The van der Waals surface area contributed by atoms with Crippen molar-refractivity contribution in [3.8, 4) is 0 Å². The van der Waals surface area contributed by atoms with Gasteiger partial charge in [-0.25, -0.2) is 9.07 Å². The van der Waals surface area contributed by atoms with E-state index >= 15 is 0 Å². The molecule has 2 heterocycles. The van der Waals surface area contributed by atoms with E-state index in [1.807, 2.05) is 0 Å². The third kappa shape index (κ3) is 4.29. The van der Waals surface area contributed by atoms with Crippen LogP contribution in [0.4, 0.5) is 23.2 Å². The molecule has 0 aliphatic heterocycles. The minimum atomic E-state index is -4.94. The Morgan fingerprint density at radius 2 is 1.94 bits per heavy atom. The lowest BCUT2D eigenvalue weighted by molar-refractivity contribution is -0.139. The van der Waals surface area contributed by atoms with Crippen molar-refractivity contribution < 1.29 is 22.4 Å². The molecule has 0 unspecified atom stereocenters. The van der Waals surface area contributed by atoms with Gasteiger partial charge in [0.2, 0.25) is 5.91 Å². The van der Waals surface area contributed by atoms with E-state index in [1.54, 1.807) is 13.8 Å². The molecule has 8 nitrogen and oxygen atoms in total. The summed E-state index contributed by atoms with van der Waals surface area (Å²) in [4.78, 5) is 25.2. The maximum atomic E-state index is 14.7. The number of amides is 1. The average Bonchev–Trinajstić information content (AvgIpc) is 2.70. The van der Waals surface area contributed by atoms with E-state index in [9.17, 15) is 27.2 Å². The number of carbonyl (C=O) groups is 1. The maximum Gasteiger partial charge on any atom is 0.419 e. The second-order valence-electron chi connectivity index (χ2n) is 7.24. The number of hydrogen-bond acceptors (Lipinski definition) is 5. The van der Waals surface area contributed by atoms with Crippen molar-refractivity contribution in [1.29, 1.82) is 10.8 Å². The van der Waals surface area contributed by atoms with Crippen LogP contribution in [0.1, 0.15) is 31.0 Å². The van der Waals surface area contributed by atoms with Gasteiger partial charge in [0, 0.05) is 11.6 Å². The minimum absolute atomic E-state index is 0.00671. The summed E-state index contributed by atoms with van der Waals surface area (Å²) in [5, 5.41) is 20.5. The Balaban J connectivity index is 2.05. The quantitative estimate of drug-likeness (QED) is 0.315. The zero-order valence-corrected chi connectivity index (χ0v) is 16.9. The molecule has 2 aromatic heterocycles. The number of pyridine rings is 1. The zero-order chi connectivity index (χ0) is 23.8. The Morgan fingerprint density at radius 3 is 2.53 bits per heavy atom. The lowest BCUT2D eigenvalue weighted by Crippen LogP contribution is -2.31. The summed E-state index contributed by atoms with van der Waals surface area (Å²) in [7, 11) is 0. The molecule has 12 heteroatoms. The number of aromatic nitrogens is 3. The standard InChI is InChI=1S/C20H18F4N6O2/c1-10(2)18-16-12(4-5-13(17(16)21)20(22,23)24)19(32)30(28-18)8-15(31)27-11-3-6-14(26)29(7-11)9-25/h3-7,9-10,25-26H,8H2,1-2H3,(H,27,31).